The van der Waals surface area contributed by atoms with Crippen LogP contribution in [0, 0.1) is 5.92 Å². The van der Waals surface area contributed by atoms with E-state index in [1.807, 2.05) is 19.1 Å². The maximum atomic E-state index is 12.5. The normalized spacial score (nSPS) is 17.7. The molecule has 0 spiro atoms. The molecule has 1 atom stereocenters. The van der Waals surface area contributed by atoms with Gasteiger partial charge in [-0.2, -0.15) is 0 Å². The molecule has 0 aromatic heterocycles. The van der Waals surface area contributed by atoms with Gasteiger partial charge < -0.3 is 9.64 Å². The van der Waals surface area contributed by atoms with Gasteiger partial charge in [-0.25, -0.2) is 13.1 Å². The molecule has 6 heteroatoms. The van der Waals surface area contributed by atoms with Gasteiger partial charge in [0.2, 0.25) is 10.0 Å². The van der Waals surface area contributed by atoms with E-state index in [2.05, 4.69) is 28.7 Å². The molecule has 0 unspecified atom stereocenters. The molecule has 146 valence electrons. The van der Waals surface area contributed by atoms with Crippen molar-refractivity contribution in [3.8, 4) is 5.75 Å². The molecule has 0 aliphatic carbocycles. The van der Waals surface area contributed by atoms with Gasteiger partial charge in [0.1, 0.15) is 5.75 Å². The molecule has 27 heavy (non-hydrogen) atoms. The van der Waals surface area contributed by atoms with Gasteiger partial charge >= 0.3 is 0 Å². The maximum absolute atomic E-state index is 12.5. The van der Waals surface area contributed by atoms with Gasteiger partial charge in [0.05, 0.1) is 11.5 Å². The minimum absolute atomic E-state index is 0.241. The Balaban J connectivity index is 1.60. The van der Waals surface area contributed by atoms with Crippen molar-refractivity contribution in [3.05, 3.63) is 54.1 Å². The second-order valence-electron chi connectivity index (χ2n) is 7.09. The van der Waals surface area contributed by atoms with Crippen LogP contribution in [-0.2, 0) is 16.6 Å². The van der Waals surface area contributed by atoms with E-state index < -0.39 is 10.0 Å². The highest BCUT2D eigenvalue weighted by Gasteiger charge is 2.17. The van der Waals surface area contributed by atoms with Crippen LogP contribution in [0.25, 0.3) is 0 Å². The average molecular weight is 389 g/mol. The summed E-state index contributed by atoms with van der Waals surface area (Å²) < 4.78 is 32.9. The SMILES string of the molecule is CCOc1ccc(S(=O)(=O)NCc2ccc(N3CCC[C@H](C)C3)cc2)cc1. The molecule has 2 aromatic rings. The first-order chi connectivity index (χ1) is 13.0. The standard InChI is InChI=1S/C21H28N2O3S/c1-3-26-20-10-12-21(13-11-20)27(24,25)22-15-18-6-8-19(9-7-18)23-14-4-5-17(2)16-23/h6-13,17,22H,3-5,14-16H2,1-2H3/t17-/m0/s1. The highest BCUT2D eigenvalue weighted by Crippen LogP contribution is 2.23. The molecule has 1 N–H and O–H groups in total. The Morgan fingerprint density at radius 2 is 1.81 bits per heavy atom. The van der Waals surface area contributed by atoms with Crippen LogP contribution < -0.4 is 14.4 Å². The minimum Gasteiger partial charge on any atom is -0.494 e. The first kappa shape index (κ1) is 19.7. The Morgan fingerprint density at radius 3 is 2.44 bits per heavy atom. The largest absolute Gasteiger partial charge is 0.494 e. The summed E-state index contributed by atoms with van der Waals surface area (Å²) in [6, 6.07) is 14.6. The lowest BCUT2D eigenvalue weighted by Gasteiger charge is -2.32. The van der Waals surface area contributed by atoms with E-state index in [4.69, 9.17) is 4.74 Å². The third-order valence-electron chi connectivity index (χ3n) is 4.87. The number of benzene rings is 2. The van der Waals surface area contributed by atoms with E-state index >= 15 is 0 Å². The number of nitrogens with one attached hydrogen (secondary N) is 1. The van der Waals surface area contributed by atoms with Gasteiger partial charge in [-0.15, -0.1) is 0 Å². The summed E-state index contributed by atoms with van der Waals surface area (Å²) in [7, 11) is -3.54. The number of anilines is 1. The lowest BCUT2D eigenvalue weighted by Crippen LogP contribution is -2.34. The molecular weight excluding hydrogens is 360 g/mol. The molecule has 0 bridgehead atoms. The fourth-order valence-electron chi connectivity index (χ4n) is 3.39. The highest BCUT2D eigenvalue weighted by atomic mass is 32.2. The molecule has 1 fully saturated rings. The van der Waals surface area contributed by atoms with Crippen molar-refractivity contribution in [2.24, 2.45) is 5.92 Å². The summed E-state index contributed by atoms with van der Waals surface area (Å²) in [5.74, 6) is 1.39. The van der Waals surface area contributed by atoms with Crippen LogP contribution in [0.15, 0.2) is 53.4 Å². The van der Waals surface area contributed by atoms with E-state index in [0.29, 0.717) is 12.4 Å². The maximum Gasteiger partial charge on any atom is 0.240 e. The topological polar surface area (TPSA) is 58.6 Å². The van der Waals surface area contributed by atoms with E-state index in [9.17, 15) is 8.42 Å². The molecule has 0 amide bonds. The monoisotopic (exact) mass is 388 g/mol. The van der Waals surface area contributed by atoms with Crippen LogP contribution in [0.2, 0.25) is 0 Å². The van der Waals surface area contributed by atoms with E-state index in [0.717, 1.165) is 24.6 Å². The van der Waals surface area contributed by atoms with Crippen molar-refractivity contribution in [2.45, 2.75) is 38.1 Å². The molecular formula is C21H28N2O3S. The van der Waals surface area contributed by atoms with Crippen molar-refractivity contribution in [1.82, 2.24) is 4.72 Å². The number of ether oxygens (including phenoxy) is 1. The Kier molecular flexibility index (Phi) is 6.39. The smallest absolute Gasteiger partial charge is 0.240 e. The Morgan fingerprint density at radius 1 is 1.11 bits per heavy atom. The summed E-state index contributed by atoms with van der Waals surface area (Å²) >= 11 is 0. The number of sulfonamides is 1. The molecule has 5 nitrogen and oxygen atoms in total. The van der Waals surface area contributed by atoms with E-state index in [1.165, 1.54) is 18.5 Å². The van der Waals surface area contributed by atoms with Crippen LogP contribution in [0.5, 0.6) is 5.75 Å². The van der Waals surface area contributed by atoms with Crippen LogP contribution in [-0.4, -0.2) is 28.1 Å². The second kappa shape index (κ2) is 8.76. The molecule has 0 radical (unpaired) electrons. The summed E-state index contributed by atoms with van der Waals surface area (Å²) in [6.07, 6.45) is 2.52. The van der Waals surface area contributed by atoms with E-state index in [1.54, 1.807) is 24.3 Å². The highest BCUT2D eigenvalue weighted by molar-refractivity contribution is 7.89. The van der Waals surface area contributed by atoms with Crippen molar-refractivity contribution >= 4 is 15.7 Å². The second-order valence-corrected chi connectivity index (χ2v) is 8.86. The number of rotatable bonds is 7. The molecule has 1 aliphatic heterocycles. The zero-order valence-electron chi connectivity index (χ0n) is 16.0. The van der Waals surface area contributed by atoms with Crippen molar-refractivity contribution in [2.75, 3.05) is 24.6 Å². The van der Waals surface area contributed by atoms with Gasteiger partial charge in [0, 0.05) is 25.3 Å². The van der Waals surface area contributed by atoms with Gasteiger partial charge in [0.15, 0.2) is 0 Å². The summed E-state index contributed by atoms with van der Waals surface area (Å²) in [5.41, 5.74) is 2.15. The van der Waals surface area contributed by atoms with Crippen LogP contribution >= 0.6 is 0 Å². The first-order valence-corrected chi connectivity index (χ1v) is 11.0. The van der Waals surface area contributed by atoms with Gasteiger partial charge in [-0.3, -0.25) is 0 Å². The van der Waals surface area contributed by atoms with Gasteiger partial charge in [-0.1, -0.05) is 19.1 Å². The zero-order chi connectivity index (χ0) is 19.3. The predicted molar refractivity (Wildman–Crippen MR) is 109 cm³/mol. The fraction of sp³-hybridized carbons (Fsp3) is 0.429. The summed E-state index contributed by atoms with van der Waals surface area (Å²) in [6.45, 7) is 7.18. The Hall–Kier alpha value is -2.05. The lowest BCUT2D eigenvalue weighted by molar-refractivity contribution is 0.340. The van der Waals surface area contributed by atoms with Gasteiger partial charge in [0.25, 0.3) is 0 Å². The van der Waals surface area contributed by atoms with Crippen molar-refractivity contribution < 1.29 is 13.2 Å². The average Bonchev–Trinajstić information content (AvgIpc) is 2.68. The minimum atomic E-state index is -3.54. The van der Waals surface area contributed by atoms with Crippen LogP contribution in [0.1, 0.15) is 32.3 Å². The molecule has 1 saturated heterocycles. The Labute approximate surface area is 162 Å². The van der Waals surface area contributed by atoms with Crippen LogP contribution in [0.4, 0.5) is 5.69 Å². The molecule has 1 heterocycles. The molecule has 0 saturated carbocycles. The fourth-order valence-corrected chi connectivity index (χ4v) is 4.41. The summed E-state index contributed by atoms with van der Waals surface area (Å²) in [5, 5.41) is 0. The van der Waals surface area contributed by atoms with Gasteiger partial charge in [-0.05, 0) is 67.6 Å². The van der Waals surface area contributed by atoms with E-state index in [-0.39, 0.29) is 11.4 Å². The third-order valence-corrected chi connectivity index (χ3v) is 6.29. The first-order valence-electron chi connectivity index (χ1n) is 9.54. The molecule has 2 aromatic carbocycles. The molecule has 3 rings (SSSR count). The van der Waals surface area contributed by atoms with Crippen molar-refractivity contribution in [3.63, 3.8) is 0 Å². The summed E-state index contributed by atoms with van der Waals surface area (Å²) in [4.78, 5) is 2.65. The zero-order valence-corrected chi connectivity index (χ0v) is 16.8. The molecule has 1 aliphatic rings. The quantitative estimate of drug-likeness (QED) is 0.784. The number of hydrogen-bond donors (Lipinski definition) is 1. The lowest BCUT2D eigenvalue weighted by atomic mass is 9.99. The third kappa shape index (κ3) is 5.23. The van der Waals surface area contributed by atoms with Crippen molar-refractivity contribution in [1.29, 1.82) is 0 Å². The number of piperidine rings is 1. The number of hydrogen-bond acceptors (Lipinski definition) is 4. The predicted octanol–water partition coefficient (Wildman–Crippen LogP) is 3.80. The Bertz CT molecular complexity index is 833. The number of nitrogens with zero attached hydrogens (tertiary/aromatic N) is 1. The van der Waals surface area contributed by atoms with Crippen LogP contribution in [0.3, 0.4) is 0 Å².